The van der Waals surface area contributed by atoms with Gasteiger partial charge in [-0.1, -0.05) is 71.1 Å². The van der Waals surface area contributed by atoms with E-state index in [1.807, 2.05) is 36.4 Å². The van der Waals surface area contributed by atoms with E-state index in [9.17, 15) is 9.59 Å². The van der Waals surface area contributed by atoms with Gasteiger partial charge >= 0.3 is 0 Å². The molecule has 1 heterocycles. The summed E-state index contributed by atoms with van der Waals surface area (Å²) >= 11 is 8.44. The Kier molecular flexibility index (Phi) is 6.80. The highest BCUT2D eigenvalue weighted by Crippen LogP contribution is 2.23. The zero-order chi connectivity index (χ0) is 19.1. The van der Waals surface area contributed by atoms with Crippen LogP contribution in [0.1, 0.15) is 15.4 Å². The van der Waals surface area contributed by atoms with E-state index < -0.39 is 0 Å². The van der Waals surface area contributed by atoms with Gasteiger partial charge in [-0.05, 0) is 23.8 Å². The number of hydrogen-bond donors (Lipinski definition) is 2. The third-order valence-corrected chi connectivity index (χ3v) is 5.82. The Morgan fingerprint density at radius 1 is 1.04 bits per heavy atom. The molecule has 0 atom stereocenters. The number of carbonyl (C=O) groups is 2. The molecular weight excluding hydrogens is 404 g/mol. The number of halogens is 1. The fraction of sp³-hybridized carbons (Fsp3) is 0.111. The maximum absolute atomic E-state index is 12.2. The molecule has 2 aromatic carbocycles. The van der Waals surface area contributed by atoms with E-state index in [1.54, 1.807) is 18.2 Å². The number of aromatic nitrogens is 2. The van der Waals surface area contributed by atoms with Gasteiger partial charge in [0.05, 0.1) is 5.75 Å². The molecular formula is C18H15ClN4O2S2. The van der Waals surface area contributed by atoms with Crippen LogP contribution in [-0.2, 0) is 11.3 Å². The lowest BCUT2D eigenvalue weighted by molar-refractivity contribution is -0.118. The van der Waals surface area contributed by atoms with Crippen molar-refractivity contribution in [3.63, 3.8) is 0 Å². The molecule has 0 aliphatic rings. The van der Waals surface area contributed by atoms with E-state index in [2.05, 4.69) is 20.8 Å². The predicted octanol–water partition coefficient (Wildman–Crippen LogP) is 3.85. The highest BCUT2D eigenvalue weighted by Gasteiger charge is 2.14. The van der Waals surface area contributed by atoms with Crippen LogP contribution in [0.5, 0.6) is 0 Å². The molecule has 2 amide bonds. The van der Waals surface area contributed by atoms with Crippen LogP contribution in [0.25, 0.3) is 0 Å². The Morgan fingerprint density at radius 3 is 2.56 bits per heavy atom. The smallest absolute Gasteiger partial charge is 0.286 e. The van der Waals surface area contributed by atoms with Gasteiger partial charge in [0.15, 0.2) is 4.34 Å². The van der Waals surface area contributed by atoms with Gasteiger partial charge in [-0.15, -0.1) is 10.2 Å². The molecule has 0 saturated heterocycles. The second-order valence-electron chi connectivity index (χ2n) is 5.35. The largest absolute Gasteiger partial charge is 0.351 e. The zero-order valence-electron chi connectivity index (χ0n) is 14.0. The van der Waals surface area contributed by atoms with Crippen molar-refractivity contribution in [3.8, 4) is 0 Å². The molecule has 6 nitrogen and oxygen atoms in total. The monoisotopic (exact) mass is 418 g/mol. The van der Waals surface area contributed by atoms with Crippen LogP contribution in [0, 0.1) is 0 Å². The first kappa shape index (κ1) is 19.3. The summed E-state index contributed by atoms with van der Waals surface area (Å²) in [4.78, 5) is 24.1. The van der Waals surface area contributed by atoms with Gasteiger partial charge in [0.1, 0.15) is 0 Å². The Balaban J connectivity index is 1.47. The number of nitrogens with zero attached hydrogens (tertiary/aromatic N) is 2. The van der Waals surface area contributed by atoms with Gasteiger partial charge in [0.2, 0.25) is 10.9 Å². The molecule has 0 saturated carbocycles. The predicted molar refractivity (Wildman–Crippen MR) is 108 cm³/mol. The lowest BCUT2D eigenvalue weighted by Crippen LogP contribution is -2.24. The molecule has 0 aliphatic heterocycles. The van der Waals surface area contributed by atoms with Crippen LogP contribution in [0.2, 0.25) is 5.02 Å². The minimum absolute atomic E-state index is 0.148. The van der Waals surface area contributed by atoms with Crippen LogP contribution in [0.3, 0.4) is 0 Å². The molecule has 0 fully saturated rings. The summed E-state index contributed by atoms with van der Waals surface area (Å²) in [6, 6.07) is 16.5. The van der Waals surface area contributed by atoms with Crippen molar-refractivity contribution < 1.29 is 9.59 Å². The van der Waals surface area contributed by atoms with Crippen molar-refractivity contribution in [2.75, 3.05) is 11.1 Å². The van der Waals surface area contributed by atoms with E-state index in [4.69, 9.17) is 11.6 Å². The van der Waals surface area contributed by atoms with Gasteiger partial charge in [-0.3, -0.25) is 9.59 Å². The van der Waals surface area contributed by atoms with E-state index in [1.165, 1.54) is 11.8 Å². The van der Waals surface area contributed by atoms with Crippen molar-refractivity contribution in [1.82, 2.24) is 15.5 Å². The lowest BCUT2D eigenvalue weighted by atomic mass is 10.2. The average molecular weight is 419 g/mol. The number of carbonyl (C=O) groups excluding carboxylic acids is 2. The molecule has 27 heavy (non-hydrogen) atoms. The van der Waals surface area contributed by atoms with E-state index in [-0.39, 0.29) is 22.6 Å². The van der Waals surface area contributed by atoms with Crippen LogP contribution < -0.4 is 10.6 Å². The minimum atomic E-state index is -0.325. The second kappa shape index (κ2) is 9.50. The summed E-state index contributed by atoms with van der Waals surface area (Å²) in [6.07, 6.45) is 0. The first-order chi connectivity index (χ1) is 13.1. The van der Waals surface area contributed by atoms with Crippen molar-refractivity contribution in [3.05, 3.63) is 70.2 Å². The van der Waals surface area contributed by atoms with Crippen LogP contribution >= 0.6 is 34.7 Å². The first-order valence-electron chi connectivity index (χ1n) is 7.94. The number of amides is 2. The molecule has 3 aromatic rings. The summed E-state index contributed by atoms with van der Waals surface area (Å²) in [5, 5.41) is 14.3. The maximum atomic E-state index is 12.2. The molecule has 1 aromatic heterocycles. The van der Waals surface area contributed by atoms with Crippen molar-refractivity contribution in [2.24, 2.45) is 0 Å². The Hall–Kier alpha value is -2.42. The number of hydrogen-bond acceptors (Lipinski definition) is 6. The lowest BCUT2D eigenvalue weighted by Gasteiger charge is -2.05. The quantitative estimate of drug-likeness (QED) is 0.569. The van der Waals surface area contributed by atoms with Crippen molar-refractivity contribution in [1.29, 1.82) is 0 Å². The molecule has 0 unspecified atom stereocenters. The summed E-state index contributed by atoms with van der Waals surface area (Å²) in [5.41, 5.74) is 1.54. The van der Waals surface area contributed by atoms with Crippen LogP contribution in [-0.4, -0.2) is 27.8 Å². The zero-order valence-corrected chi connectivity index (χ0v) is 16.4. The fourth-order valence-corrected chi connectivity index (χ4v) is 3.86. The number of anilines is 1. The minimum Gasteiger partial charge on any atom is -0.351 e. The van der Waals surface area contributed by atoms with Gasteiger partial charge < -0.3 is 10.6 Å². The normalized spacial score (nSPS) is 10.4. The number of nitrogens with one attached hydrogen (secondary N) is 2. The Morgan fingerprint density at radius 2 is 1.78 bits per heavy atom. The third-order valence-electron chi connectivity index (χ3n) is 3.39. The average Bonchev–Trinajstić information content (AvgIpc) is 3.16. The Bertz CT molecular complexity index is 934. The molecule has 0 aliphatic carbocycles. The summed E-state index contributed by atoms with van der Waals surface area (Å²) in [5.74, 6) is -0.293. The highest BCUT2D eigenvalue weighted by molar-refractivity contribution is 8.01. The summed E-state index contributed by atoms with van der Waals surface area (Å²) < 4.78 is 0.557. The number of para-hydroxylation sites is 1. The highest BCUT2D eigenvalue weighted by atomic mass is 35.5. The van der Waals surface area contributed by atoms with Gasteiger partial charge in [0, 0.05) is 17.3 Å². The summed E-state index contributed by atoms with van der Waals surface area (Å²) in [6.45, 7) is 0.361. The third kappa shape index (κ3) is 5.78. The first-order valence-corrected chi connectivity index (χ1v) is 10.1. The molecule has 3 rings (SSSR count). The van der Waals surface area contributed by atoms with Crippen molar-refractivity contribution in [2.45, 2.75) is 10.9 Å². The van der Waals surface area contributed by atoms with Crippen LogP contribution in [0.15, 0.2) is 58.9 Å². The van der Waals surface area contributed by atoms with E-state index in [0.29, 0.717) is 21.6 Å². The maximum Gasteiger partial charge on any atom is 0.286 e. The van der Waals surface area contributed by atoms with Gasteiger partial charge in [0.25, 0.3) is 5.91 Å². The number of benzene rings is 2. The molecule has 0 radical (unpaired) electrons. The molecule has 138 valence electrons. The fourth-order valence-electron chi connectivity index (χ4n) is 2.08. The Labute approximate surface area is 169 Å². The van der Waals surface area contributed by atoms with E-state index in [0.717, 1.165) is 16.9 Å². The number of thioether (sulfide) groups is 1. The topological polar surface area (TPSA) is 84.0 Å². The van der Waals surface area contributed by atoms with Crippen LogP contribution in [0.4, 0.5) is 5.69 Å². The van der Waals surface area contributed by atoms with Gasteiger partial charge in [-0.2, -0.15) is 0 Å². The van der Waals surface area contributed by atoms with Crippen molar-refractivity contribution >= 4 is 52.2 Å². The van der Waals surface area contributed by atoms with E-state index >= 15 is 0 Å². The molecule has 9 heteroatoms. The summed E-state index contributed by atoms with van der Waals surface area (Å²) in [7, 11) is 0. The molecule has 0 bridgehead atoms. The second-order valence-corrected chi connectivity index (χ2v) is 7.96. The standard InChI is InChI=1S/C18H15ClN4O2S2/c19-14-9-5-4-6-12(14)10-20-15(24)11-26-18-23-22-17(27-18)16(25)21-13-7-2-1-3-8-13/h1-9H,10-11H2,(H,20,24)(H,21,25). The van der Waals surface area contributed by atoms with Gasteiger partial charge in [-0.25, -0.2) is 0 Å². The molecule has 0 spiro atoms. The SMILES string of the molecule is O=C(CSc1nnc(C(=O)Nc2ccccc2)s1)NCc1ccccc1Cl. The number of rotatable bonds is 7. The molecule has 2 N–H and O–H groups in total.